The fourth-order valence-corrected chi connectivity index (χ4v) is 7.93. The van der Waals surface area contributed by atoms with E-state index in [2.05, 4.69) is 16.0 Å². The Hall–Kier alpha value is -3.13. The summed E-state index contributed by atoms with van der Waals surface area (Å²) < 4.78 is 65.8. The molecule has 0 bridgehead atoms. The largest absolute Gasteiger partial charge is 0.453 e. The van der Waals surface area contributed by atoms with E-state index in [9.17, 15) is 22.4 Å². The minimum Gasteiger partial charge on any atom is -0.453 e. The van der Waals surface area contributed by atoms with E-state index in [-0.39, 0.29) is 35.7 Å². The summed E-state index contributed by atoms with van der Waals surface area (Å²) in [5.74, 6) is -2.12. The van der Waals surface area contributed by atoms with Crippen molar-refractivity contribution in [3.63, 3.8) is 0 Å². The molecular weight excluding hydrogens is 594 g/mol. The van der Waals surface area contributed by atoms with Crippen LogP contribution in [0.1, 0.15) is 49.7 Å². The predicted octanol–water partition coefficient (Wildman–Crippen LogP) is 3.78. The number of methoxy groups -OCH3 is 1. The number of alkyl carbamates (subject to hydrolysis) is 1. The molecule has 0 spiro atoms. The van der Waals surface area contributed by atoms with Crippen LogP contribution < -0.4 is 16.0 Å². The Morgan fingerprint density at radius 1 is 1.11 bits per heavy atom. The Balaban J connectivity index is 1.57. The molecule has 4 atom stereocenters. The third-order valence-corrected chi connectivity index (χ3v) is 9.89. The van der Waals surface area contributed by atoms with E-state index >= 15 is 4.39 Å². The van der Waals surface area contributed by atoms with Crippen LogP contribution in [0.2, 0.25) is 0 Å². The number of hydrogen-bond donors (Lipinski definition) is 3. The molecule has 0 radical (unpaired) electrons. The van der Waals surface area contributed by atoms with Gasteiger partial charge in [-0.2, -0.15) is 4.31 Å². The van der Waals surface area contributed by atoms with E-state index in [1.54, 1.807) is 18.2 Å². The summed E-state index contributed by atoms with van der Waals surface area (Å²) in [6, 6.07) is 8.63. The summed E-state index contributed by atoms with van der Waals surface area (Å²) in [5, 5.41) is 8.77. The first kappa shape index (κ1) is 33.8. The molecule has 0 saturated carbocycles. The van der Waals surface area contributed by atoms with Gasteiger partial charge in [0.2, 0.25) is 15.9 Å². The molecule has 0 aliphatic carbocycles. The van der Waals surface area contributed by atoms with Crippen molar-refractivity contribution >= 4 is 27.7 Å². The van der Waals surface area contributed by atoms with Crippen LogP contribution in [0.3, 0.4) is 0 Å². The van der Waals surface area contributed by atoms with Crippen LogP contribution >= 0.6 is 0 Å². The Labute approximate surface area is 257 Å². The zero-order valence-corrected chi connectivity index (χ0v) is 26.2. The summed E-state index contributed by atoms with van der Waals surface area (Å²) in [4.78, 5) is 26.4. The van der Waals surface area contributed by atoms with E-state index in [1.807, 2.05) is 6.92 Å². The van der Waals surface area contributed by atoms with E-state index in [0.29, 0.717) is 57.6 Å². The van der Waals surface area contributed by atoms with E-state index in [0.717, 1.165) is 0 Å². The highest BCUT2D eigenvalue weighted by molar-refractivity contribution is 7.88. The number of carbonyl (C=O) groups is 2. The standard InChI is InChI=1S/C31H42F2N4O6S/c1-20-18-34-19-24(37(20)44(3,40)41)6-4-7-25-26(33)8-5-9-27(25)35-30(38)29(36-31(39)42-2)28(22-14-16-43-17-15-22)21-10-12-23(32)13-11-21/h5,8-13,20,22,24,28-29,34H,4,6-7,14-19H2,1-3H3,(H,35,38)(H,36,39)/t20-,24-,28-,29-/m0/s1. The van der Waals surface area contributed by atoms with Gasteiger partial charge in [-0.05, 0) is 74.8 Å². The van der Waals surface area contributed by atoms with Gasteiger partial charge in [0, 0.05) is 55.6 Å². The van der Waals surface area contributed by atoms with Gasteiger partial charge in [0.15, 0.2) is 0 Å². The van der Waals surface area contributed by atoms with Gasteiger partial charge in [0.25, 0.3) is 0 Å². The van der Waals surface area contributed by atoms with Crippen molar-refractivity contribution < 1.29 is 36.3 Å². The average Bonchev–Trinajstić information content (AvgIpc) is 2.99. The van der Waals surface area contributed by atoms with Crippen molar-refractivity contribution in [1.82, 2.24) is 14.9 Å². The van der Waals surface area contributed by atoms with Crippen LogP contribution in [0.5, 0.6) is 0 Å². The zero-order chi connectivity index (χ0) is 31.9. The summed E-state index contributed by atoms with van der Waals surface area (Å²) in [6.07, 6.45) is 2.85. The molecule has 242 valence electrons. The monoisotopic (exact) mass is 636 g/mol. The van der Waals surface area contributed by atoms with Gasteiger partial charge in [0.1, 0.15) is 17.7 Å². The molecule has 13 heteroatoms. The molecule has 0 aromatic heterocycles. The number of halogens is 2. The number of amides is 2. The first-order valence-electron chi connectivity index (χ1n) is 14.9. The molecule has 2 amide bonds. The van der Waals surface area contributed by atoms with Gasteiger partial charge in [-0.3, -0.25) is 4.79 Å². The molecule has 44 heavy (non-hydrogen) atoms. The molecule has 2 aliphatic heterocycles. The SMILES string of the molecule is COC(=O)N[C@H](C(=O)Nc1cccc(F)c1CCC[C@H]1CNC[C@H](C)N1S(C)(=O)=O)[C@@H](c1ccc(F)cc1)C1CCOCC1. The number of anilines is 1. The number of piperazine rings is 1. The van der Waals surface area contributed by atoms with Crippen LogP contribution in [0.25, 0.3) is 0 Å². The van der Waals surface area contributed by atoms with Gasteiger partial charge in [-0.1, -0.05) is 18.2 Å². The van der Waals surface area contributed by atoms with Gasteiger partial charge in [-0.15, -0.1) is 0 Å². The highest BCUT2D eigenvalue weighted by Gasteiger charge is 2.38. The Morgan fingerprint density at radius 2 is 1.82 bits per heavy atom. The Kier molecular flexibility index (Phi) is 11.7. The number of rotatable bonds is 11. The lowest BCUT2D eigenvalue weighted by Crippen LogP contribution is -2.57. The van der Waals surface area contributed by atoms with Crippen LogP contribution in [-0.4, -0.2) is 82.5 Å². The van der Waals surface area contributed by atoms with Crippen molar-refractivity contribution in [2.75, 3.05) is 45.0 Å². The minimum absolute atomic E-state index is 0.0709. The molecule has 0 unspecified atom stereocenters. The number of hydrogen-bond acceptors (Lipinski definition) is 7. The maximum atomic E-state index is 15.2. The molecule has 2 aromatic rings. The molecule has 2 heterocycles. The Morgan fingerprint density at radius 3 is 2.48 bits per heavy atom. The number of sulfonamides is 1. The fourth-order valence-electron chi connectivity index (χ4n) is 6.48. The minimum atomic E-state index is -3.43. The normalized spacial score (nSPS) is 21.3. The van der Waals surface area contributed by atoms with Crippen LogP contribution in [-0.2, 0) is 30.7 Å². The highest BCUT2D eigenvalue weighted by Crippen LogP contribution is 2.36. The predicted molar refractivity (Wildman–Crippen MR) is 163 cm³/mol. The van der Waals surface area contributed by atoms with Crippen LogP contribution in [0.15, 0.2) is 42.5 Å². The summed E-state index contributed by atoms with van der Waals surface area (Å²) in [6.45, 7) is 3.86. The zero-order valence-electron chi connectivity index (χ0n) is 25.4. The fraction of sp³-hybridized carbons (Fsp3) is 0.548. The quantitative estimate of drug-likeness (QED) is 0.343. The van der Waals surface area contributed by atoms with Gasteiger partial charge < -0.3 is 25.4 Å². The number of nitrogens with one attached hydrogen (secondary N) is 3. The van der Waals surface area contributed by atoms with Crippen molar-refractivity contribution in [2.45, 2.75) is 63.1 Å². The lowest BCUT2D eigenvalue weighted by Gasteiger charge is -2.39. The van der Waals surface area contributed by atoms with Crippen molar-refractivity contribution in [3.8, 4) is 0 Å². The van der Waals surface area contributed by atoms with Crippen molar-refractivity contribution in [3.05, 3.63) is 65.2 Å². The first-order chi connectivity index (χ1) is 21.0. The molecule has 3 N–H and O–H groups in total. The smallest absolute Gasteiger partial charge is 0.407 e. The number of nitrogens with zero attached hydrogens (tertiary/aromatic N) is 1. The van der Waals surface area contributed by atoms with E-state index < -0.39 is 45.6 Å². The van der Waals surface area contributed by atoms with Crippen molar-refractivity contribution in [1.29, 1.82) is 0 Å². The van der Waals surface area contributed by atoms with E-state index in [4.69, 9.17) is 9.47 Å². The van der Waals surface area contributed by atoms with Crippen LogP contribution in [0, 0.1) is 17.6 Å². The molecule has 4 rings (SSSR count). The topological polar surface area (TPSA) is 126 Å². The number of ether oxygens (including phenoxy) is 2. The lowest BCUT2D eigenvalue weighted by atomic mass is 9.76. The number of benzene rings is 2. The second kappa shape index (κ2) is 15.2. The third kappa shape index (κ3) is 8.52. The van der Waals surface area contributed by atoms with Crippen molar-refractivity contribution in [2.24, 2.45) is 5.92 Å². The van der Waals surface area contributed by atoms with Gasteiger partial charge in [0.05, 0.1) is 13.4 Å². The third-order valence-electron chi connectivity index (χ3n) is 8.47. The second-order valence-corrected chi connectivity index (χ2v) is 13.4. The molecule has 2 aliphatic rings. The van der Waals surface area contributed by atoms with Gasteiger partial charge >= 0.3 is 6.09 Å². The lowest BCUT2D eigenvalue weighted by molar-refractivity contribution is -0.119. The second-order valence-electron chi connectivity index (χ2n) is 11.5. The molecule has 2 aromatic carbocycles. The average molecular weight is 637 g/mol. The summed E-state index contributed by atoms with van der Waals surface area (Å²) in [5.41, 5.74) is 1.21. The summed E-state index contributed by atoms with van der Waals surface area (Å²) in [7, 11) is -2.23. The Bertz CT molecular complexity index is 1390. The summed E-state index contributed by atoms with van der Waals surface area (Å²) >= 11 is 0. The maximum Gasteiger partial charge on any atom is 0.407 e. The molecular formula is C31H42F2N4O6S. The molecule has 10 nitrogen and oxygen atoms in total. The maximum absolute atomic E-state index is 15.2. The van der Waals surface area contributed by atoms with E-state index in [1.165, 1.54) is 41.9 Å². The molecule has 2 fully saturated rings. The highest BCUT2D eigenvalue weighted by atomic mass is 32.2. The molecule has 2 saturated heterocycles. The number of carbonyl (C=O) groups excluding carboxylic acids is 2. The first-order valence-corrected chi connectivity index (χ1v) is 16.8. The van der Waals surface area contributed by atoms with Gasteiger partial charge in [-0.25, -0.2) is 22.0 Å². The van der Waals surface area contributed by atoms with Crippen LogP contribution in [0.4, 0.5) is 19.3 Å².